The third-order valence-electron chi connectivity index (χ3n) is 2.26. The number of nitrogens with one attached hydrogen (secondary N) is 1. The van der Waals surface area contributed by atoms with Gasteiger partial charge in [0.05, 0.1) is 12.3 Å². The van der Waals surface area contributed by atoms with Crippen molar-refractivity contribution >= 4 is 5.82 Å². The van der Waals surface area contributed by atoms with Crippen LogP contribution in [0.4, 0.5) is 10.2 Å². The van der Waals surface area contributed by atoms with E-state index in [2.05, 4.69) is 10.3 Å². The number of anilines is 1. The van der Waals surface area contributed by atoms with Crippen LogP contribution < -0.4 is 5.32 Å². The summed E-state index contributed by atoms with van der Waals surface area (Å²) in [5.74, 6) is 0.384. The zero-order valence-corrected chi connectivity index (χ0v) is 7.87. The maximum absolute atomic E-state index is 12.5. The molecule has 1 aliphatic heterocycles. The molecule has 2 rings (SSSR count). The Kier molecular flexibility index (Phi) is 2.93. The van der Waals surface area contributed by atoms with Gasteiger partial charge in [0.15, 0.2) is 0 Å². The van der Waals surface area contributed by atoms with Crippen molar-refractivity contribution in [3.05, 3.63) is 24.1 Å². The molecule has 0 spiro atoms. The van der Waals surface area contributed by atoms with Gasteiger partial charge in [-0.3, -0.25) is 0 Å². The van der Waals surface area contributed by atoms with Crippen molar-refractivity contribution in [3.63, 3.8) is 0 Å². The number of ether oxygens (including phenoxy) is 1. The molecule has 1 saturated heterocycles. The molecule has 1 aliphatic rings. The van der Waals surface area contributed by atoms with E-state index in [1.165, 1.54) is 12.3 Å². The van der Waals surface area contributed by atoms with Crippen molar-refractivity contribution in [1.82, 2.24) is 4.98 Å². The third kappa shape index (κ3) is 2.42. The van der Waals surface area contributed by atoms with Crippen LogP contribution in [-0.2, 0) is 4.74 Å². The Balaban J connectivity index is 1.82. The molecule has 76 valence electrons. The number of rotatable bonds is 3. The summed E-state index contributed by atoms with van der Waals surface area (Å²) in [6, 6.07) is 3.02. The number of nitrogens with zero attached hydrogens (tertiary/aromatic N) is 1. The molecule has 0 aromatic carbocycles. The molecule has 1 unspecified atom stereocenters. The first-order valence-electron chi connectivity index (χ1n) is 4.81. The first kappa shape index (κ1) is 9.40. The molecule has 0 amide bonds. The van der Waals surface area contributed by atoms with E-state index in [1.807, 2.05) is 0 Å². The number of pyridine rings is 1. The summed E-state index contributed by atoms with van der Waals surface area (Å²) in [5, 5.41) is 3.11. The van der Waals surface area contributed by atoms with Gasteiger partial charge in [-0.25, -0.2) is 9.37 Å². The second-order valence-electron chi connectivity index (χ2n) is 3.38. The molecule has 14 heavy (non-hydrogen) atoms. The average molecular weight is 196 g/mol. The van der Waals surface area contributed by atoms with E-state index in [0.717, 1.165) is 26.0 Å². The minimum absolute atomic E-state index is 0.279. The maximum Gasteiger partial charge on any atom is 0.141 e. The second kappa shape index (κ2) is 4.37. The normalized spacial score (nSPS) is 21.1. The van der Waals surface area contributed by atoms with Crippen LogP contribution >= 0.6 is 0 Å². The maximum atomic E-state index is 12.5. The first-order valence-corrected chi connectivity index (χ1v) is 4.81. The fraction of sp³-hybridized carbons (Fsp3) is 0.500. The second-order valence-corrected chi connectivity index (χ2v) is 3.38. The molecule has 1 aromatic heterocycles. The molecule has 0 aliphatic carbocycles. The van der Waals surface area contributed by atoms with Crippen LogP contribution in [0.25, 0.3) is 0 Å². The molecule has 1 N–H and O–H groups in total. The summed E-state index contributed by atoms with van der Waals surface area (Å²) in [6.07, 6.45) is 3.71. The van der Waals surface area contributed by atoms with E-state index >= 15 is 0 Å². The fourth-order valence-corrected chi connectivity index (χ4v) is 1.50. The highest BCUT2D eigenvalue weighted by Crippen LogP contribution is 2.12. The molecule has 1 aromatic rings. The van der Waals surface area contributed by atoms with Gasteiger partial charge in [0.1, 0.15) is 11.6 Å². The summed E-state index contributed by atoms with van der Waals surface area (Å²) in [7, 11) is 0. The van der Waals surface area contributed by atoms with Crippen LogP contribution in [0, 0.1) is 5.82 Å². The highest BCUT2D eigenvalue weighted by molar-refractivity contribution is 5.33. The predicted octanol–water partition coefficient (Wildman–Crippen LogP) is 1.81. The zero-order chi connectivity index (χ0) is 9.80. The van der Waals surface area contributed by atoms with Crippen molar-refractivity contribution < 1.29 is 9.13 Å². The Bertz CT molecular complexity index is 283. The van der Waals surface area contributed by atoms with E-state index in [9.17, 15) is 4.39 Å². The zero-order valence-electron chi connectivity index (χ0n) is 7.87. The molecule has 0 bridgehead atoms. The van der Waals surface area contributed by atoms with Gasteiger partial charge in [-0.2, -0.15) is 0 Å². The molecule has 1 fully saturated rings. The third-order valence-corrected chi connectivity index (χ3v) is 2.26. The molecular formula is C10H13FN2O. The minimum atomic E-state index is -0.312. The number of aromatic nitrogens is 1. The SMILES string of the molecule is Fc1ccc(NCC2CCCO2)nc1. The highest BCUT2D eigenvalue weighted by Gasteiger charge is 2.14. The summed E-state index contributed by atoms with van der Waals surface area (Å²) >= 11 is 0. The summed E-state index contributed by atoms with van der Waals surface area (Å²) in [6.45, 7) is 1.60. The fourth-order valence-electron chi connectivity index (χ4n) is 1.50. The molecule has 0 radical (unpaired) electrons. The smallest absolute Gasteiger partial charge is 0.141 e. The Hall–Kier alpha value is -1.16. The summed E-state index contributed by atoms with van der Waals surface area (Å²) < 4.78 is 17.9. The topological polar surface area (TPSA) is 34.1 Å². The summed E-state index contributed by atoms with van der Waals surface area (Å²) in [5.41, 5.74) is 0. The predicted molar refractivity (Wildman–Crippen MR) is 51.7 cm³/mol. The van der Waals surface area contributed by atoms with Crippen molar-refractivity contribution in [3.8, 4) is 0 Å². The largest absolute Gasteiger partial charge is 0.376 e. The van der Waals surface area contributed by atoms with Gasteiger partial charge in [0.25, 0.3) is 0 Å². The van der Waals surface area contributed by atoms with E-state index in [1.54, 1.807) is 6.07 Å². The lowest BCUT2D eigenvalue weighted by molar-refractivity contribution is 0.120. The average Bonchev–Trinajstić information content (AvgIpc) is 2.70. The first-order chi connectivity index (χ1) is 6.84. The highest BCUT2D eigenvalue weighted by atomic mass is 19.1. The Morgan fingerprint density at radius 3 is 3.14 bits per heavy atom. The van der Waals surface area contributed by atoms with Gasteiger partial charge in [0, 0.05) is 13.2 Å². The van der Waals surface area contributed by atoms with Gasteiger partial charge >= 0.3 is 0 Å². The Morgan fingerprint density at radius 1 is 1.57 bits per heavy atom. The molecule has 4 heteroatoms. The number of hydrogen-bond donors (Lipinski definition) is 1. The molecular weight excluding hydrogens is 183 g/mol. The monoisotopic (exact) mass is 196 g/mol. The molecule has 2 heterocycles. The van der Waals surface area contributed by atoms with Crippen LogP contribution in [0.1, 0.15) is 12.8 Å². The van der Waals surface area contributed by atoms with E-state index in [0.29, 0.717) is 5.82 Å². The Labute approximate surface area is 82.3 Å². The van der Waals surface area contributed by atoms with Crippen LogP contribution in [0.2, 0.25) is 0 Å². The van der Waals surface area contributed by atoms with Gasteiger partial charge < -0.3 is 10.1 Å². The van der Waals surface area contributed by atoms with E-state index in [4.69, 9.17) is 4.74 Å². The van der Waals surface area contributed by atoms with Crippen LogP contribution in [0.5, 0.6) is 0 Å². The lowest BCUT2D eigenvalue weighted by Crippen LogP contribution is -2.18. The van der Waals surface area contributed by atoms with Crippen molar-refractivity contribution in [2.75, 3.05) is 18.5 Å². The molecule has 3 nitrogen and oxygen atoms in total. The van der Waals surface area contributed by atoms with Crippen molar-refractivity contribution in [2.24, 2.45) is 0 Å². The van der Waals surface area contributed by atoms with Gasteiger partial charge in [-0.05, 0) is 25.0 Å². The van der Waals surface area contributed by atoms with Gasteiger partial charge in [-0.1, -0.05) is 0 Å². The number of halogens is 1. The summed E-state index contributed by atoms with van der Waals surface area (Å²) in [4.78, 5) is 3.90. The van der Waals surface area contributed by atoms with Crippen molar-refractivity contribution in [1.29, 1.82) is 0 Å². The van der Waals surface area contributed by atoms with Crippen LogP contribution in [0.15, 0.2) is 18.3 Å². The van der Waals surface area contributed by atoms with E-state index < -0.39 is 0 Å². The van der Waals surface area contributed by atoms with Crippen molar-refractivity contribution in [2.45, 2.75) is 18.9 Å². The van der Waals surface area contributed by atoms with Gasteiger partial charge in [-0.15, -0.1) is 0 Å². The lowest BCUT2D eigenvalue weighted by Gasteiger charge is -2.10. The Morgan fingerprint density at radius 2 is 2.50 bits per heavy atom. The van der Waals surface area contributed by atoms with Gasteiger partial charge in [0.2, 0.25) is 0 Å². The van der Waals surface area contributed by atoms with Crippen LogP contribution in [-0.4, -0.2) is 24.2 Å². The molecule has 0 saturated carbocycles. The van der Waals surface area contributed by atoms with E-state index in [-0.39, 0.29) is 11.9 Å². The quantitative estimate of drug-likeness (QED) is 0.800. The molecule has 1 atom stereocenters. The number of hydrogen-bond acceptors (Lipinski definition) is 3. The lowest BCUT2D eigenvalue weighted by atomic mass is 10.2. The standard InChI is InChI=1S/C10H13FN2O/c11-8-3-4-10(12-6-8)13-7-9-2-1-5-14-9/h3-4,6,9H,1-2,5,7H2,(H,12,13). The van der Waals surface area contributed by atoms with Crippen LogP contribution in [0.3, 0.4) is 0 Å². The minimum Gasteiger partial charge on any atom is -0.376 e.